The number of nitrogens with one attached hydrogen (secondary N) is 1. The van der Waals surface area contributed by atoms with Gasteiger partial charge in [0.15, 0.2) is 0 Å². The highest BCUT2D eigenvalue weighted by atomic mass is 35.5. The van der Waals surface area contributed by atoms with Crippen molar-refractivity contribution < 1.29 is 9.84 Å². The quantitative estimate of drug-likeness (QED) is 0.847. The summed E-state index contributed by atoms with van der Waals surface area (Å²) in [4.78, 5) is 0. The van der Waals surface area contributed by atoms with Crippen LogP contribution in [0.25, 0.3) is 0 Å². The van der Waals surface area contributed by atoms with E-state index in [1.165, 1.54) is 25.7 Å². The highest BCUT2D eigenvalue weighted by molar-refractivity contribution is 6.30. The molecular formula is C16H24ClNO2. The fourth-order valence-electron chi connectivity index (χ4n) is 2.55. The summed E-state index contributed by atoms with van der Waals surface area (Å²) in [6.45, 7) is 3.20. The third kappa shape index (κ3) is 5.31. The second-order valence-electron chi connectivity index (χ2n) is 5.78. The molecule has 1 aromatic rings. The van der Waals surface area contributed by atoms with Crippen molar-refractivity contribution in [1.29, 1.82) is 0 Å². The van der Waals surface area contributed by atoms with Gasteiger partial charge in [0.05, 0.1) is 0 Å². The monoisotopic (exact) mass is 297 g/mol. The Kier molecular flexibility index (Phi) is 6.14. The van der Waals surface area contributed by atoms with Crippen molar-refractivity contribution in [2.75, 3.05) is 13.2 Å². The minimum atomic E-state index is -0.481. The molecule has 2 N–H and O–H groups in total. The number of aliphatic hydroxyl groups is 1. The maximum atomic E-state index is 9.93. The van der Waals surface area contributed by atoms with Gasteiger partial charge in [-0.3, -0.25) is 0 Å². The van der Waals surface area contributed by atoms with Gasteiger partial charge in [0, 0.05) is 17.6 Å². The van der Waals surface area contributed by atoms with Crippen LogP contribution in [0.2, 0.25) is 5.02 Å². The molecular weight excluding hydrogens is 274 g/mol. The molecule has 1 aromatic carbocycles. The summed E-state index contributed by atoms with van der Waals surface area (Å²) in [5.74, 6) is 1.59. The van der Waals surface area contributed by atoms with Gasteiger partial charge in [-0.25, -0.2) is 0 Å². The lowest BCUT2D eigenvalue weighted by atomic mass is 9.87. The number of hydrogen-bond donors (Lipinski definition) is 2. The van der Waals surface area contributed by atoms with Crippen LogP contribution in [-0.4, -0.2) is 30.4 Å². The number of halogens is 1. The van der Waals surface area contributed by atoms with Gasteiger partial charge in [0.2, 0.25) is 0 Å². The van der Waals surface area contributed by atoms with Crippen LogP contribution in [-0.2, 0) is 0 Å². The summed E-state index contributed by atoms with van der Waals surface area (Å²) in [6, 6.07) is 7.74. The Hall–Kier alpha value is -0.770. The standard InChI is InChI=1S/C16H24ClNO2/c1-12-2-6-14(7-3-12)18-10-15(19)11-20-16-8-4-13(17)5-9-16/h4-5,8-9,12,14-15,18-19H,2-3,6-7,10-11H2,1H3. The minimum Gasteiger partial charge on any atom is -0.491 e. The summed E-state index contributed by atoms with van der Waals surface area (Å²) < 4.78 is 5.53. The summed E-state index contributed by atoms with van der Waals surface area (Å²) in [7, 11) is 0. The minimum absolute atomic E-state index is 0.303. The van der Waals surface area contributed by atoms with E-state index in [0.29, 0.717) is 24.2 Å². The molecule has 0 amide bonds. The highest BCUT2D eigenvalue weighted by Gasteiger charge is 2.18. The van der Waals surface area contributed by atoms with Crippen molar-refractivity contribution >= 4 is 11.6 Å². The van der Waals surface area contributed by atoms with Crippen molar-refractivity contribution in [3.63, 3.8) is 0 Å². The molecule has 1 aliphatic carbocycles. The lowest BCUT2D eigenvalue weighted by Crippen LogP contribution is -2.39. The van der Waals surface area contributed by atoms with Crippen molar-refractivity contribution in [3.05, 3.63) is 29.3 Å². The van der Waals surface area contributed by atoms with E-state index in [1.807, 2.05) is 12.1 Å². The van der Waals surface area contributed by atoms with Crippen LogP contribution >= 0.6 is 11.6 Å². The summed E-state index contributed by atoms with van der Waals surface area (Å²) in [5.41, 5.74) is 0. The van der Waals surface area contributed by atoms with Gasteiger partial charge in [-0.05, 0) is 55.9 Å². The lowest BCUT2D eigenvalue weighted by molar-refractivity contribution is 0.101. The molecule has 112 valence electrons. The first-order valence-corrected chi connectivity index (χ1v) is 7.81. The zero-order chi connectivity index (χ0) is 14.4. The molecule has 0 aromatic heterocycles. The second kappa shape index (κ2) is 7.87. The lowest BCUT2D eigenvalue weighted by Gasteiger charge is -2.27. The number of aliphatic hydroxyl groups excluding tert-OH is 1. The molecule has 1 saturated carbocycles. The number of hydrogen-bond acceptors (Lipinski definition) is 3. The van der Waals surface area contributed by atoms with Crippen molar-refractivity contribution in [2.24, 2.45) is 5.92 Å². The molecule has 0 heterocycles. The zero-order valence-electron chi connectivity index (χ0n) is 12.0. The van der Waals surface area contributed by atoms with Crippen molar-refractivity contribution in [3.8, 4) is 5.75 Å². The third-order valence-corrected chi connectivity index (χ3v) is 4.17. The van der Waals surface area contributed by atoms with Crippen LogP contribution < -0.4 is 10.1 Å². The van der Waals surface area contributed by atoms with Gasteiger partial charge in [0.1, 0.15) is 18.5 Å². The average molecular weight is 298 g/mol. The SMILES string of the molecule is CC1CCC(NCC(O)COc2ccc(Cl)cc2)CC1. The maximum Gasteiger partial charge on any atom is 0.119 e. The predicted octanol–water partition coefficient (Wildman–Crippen LogP) is 3.25. The molecule has 0 aliphatic heterocycles. The number of rotatable bonds is 6. The van der Waals surface area contributed by atoms with Gasteiger partial charge >= 0.3 is 0 Å². The Morgan fingerprint density at radius 3 is 2.55 bits per heavy atom. The fraction of sp³-hybridized carbons (Fsp3) is 0.625. The summed E-state index contributed by atoms with van der Waals surface area (Å²) in [5, 5.41) is 14.1. The molecule has 1 aliphatic rings. The average Bonchev–Trinajstić information content (AvgIpc) is 2.46. The zero-order valence-corrected chi connectivity index (χ0v) is 12.8. The van der Waals surface area contributed by atoms with Gasteiger partial charge in [-0.15, -0.1) is 0 Å². The molecule has 0 radical (unpaired) electrons. The first kappa shape index (κ1) is 15.6. The van der Waals surface area contributed by atoms with Gasteiger partial charge in [0.25, 0.3) is 0 Å². The van der Waals surface area contributed by atoms with E-state index in [0.717, 1.165) is 11.7 Å². The predicted molar refractivity (Wildman–Crippen MR) is 82.4 cm³/mol. The molecule has 1 unspecified atom stereocenters. The topological polar surface area (TPSA) is 41.5 Å². The number of benzene rings is 1. The molecule has 0 spiro atoms. The molecule has 0 bridgehead atoms. The van der Waals surface area contributed by atoms with Gasteiger partial charge in [-0.2, -0.15) is 0 Å². The highest BCUT2D eigenvalue weighted by Crippen LogP contribution is 2.23. The first-order chi connectivity index (χ1) is 9.63. The van der Waals surface area contributed by atoms with E-state index in [9.17, 15) is 5.11 Å². The van der Waals surface area contributed by atoms with Crippen molar-refractivity contribution in [1.82, 2.24) is 5.32 Å². The van der Waals surface area contributed by atoms with Crippen molar-refractivity contribution in [2.45, 2.75) is 44.8 Å². The molecule has 1 fully saturated rings. The van der Waals surface area contributed by atoms with E-state index in [4.69, 9.17) is 16.3 Å². The van der Waals surface area contributed by atoms with E-state index in [1.54, 1.807) is 12.1 Å². The third-order valence-electron chi connectivity index (χ3n) is 3.91. The smallest absolute Gasteiger partial charge is 0.119 e. The van der Waals surface area contributed by atoms with Crippen LogP contribution in [0.15, 0.2) is 24.3 Å². The van der Waals surface area contributed by atoms with E-state index >= 15 is 0 Å². The Balaban J connectivity index is 1.62. The Morgan fingerprint density at radius 1 is 1.25 bits per heavy atom. The van der Waals surface area contributed by atoms with Gasteiger partial charge < -0.3 is 15.2 Å². The molecule has 4 heteroatoms. The Labute approximate surface area is 126 Å². The van der Waals surface area contributed by atoms with E-state index < -0.39 is 6.10 Å². The van der Waals surface area contributed by atoms with Crippen LogP contribution in [0.5, 0.6) is 5.75 Å². The maximum absolute atomic E-state index is 9.93. The summed E-state index contributed by atoms with van der Waals surface area (Å²) >= 11 is 5.81. The van der Waals surface area contributed by atoms with Crippen LogP contribution in [0.3, 0.4) is 0 Å². The molecule has 20 heavy (non-hydrogen) atoms. The fourth-order valence-corrected chi connectivity index (χ4v) is 2.68. The van der Waals surface area contributed by atoms with Crippen LogP contribution in [0.1, 0.15) is 32.6 Å². The summed E-state index contributed by atoms with van der Waals surface area (Å²) in [6.07, 6.45) is 4.52. The number of ether oxygens (including phenoxy) is 1. The van der Waals surface area contributed by atoms with Gasteiger partial charge in [-0.1, -0.05) is 18.5 Å². The normalized spacial score (nSPS) is 24.4. The van der Waals surface area contributed by atoms with Crippen LogP contribution in [0, 0.1) is 5.92 Å². The molecule has 2 rings (SSSR count). The molecule has 3 nitrogen and oxygen atoms in total. The largest absolute Gasteiger partial charge is 0.491 e. The second-order valence-corrected chi connectivity index (χ2v) is 6.22. The Bertz CT molecular complexity index is 388. The Morgan fingerprint density at radius 2 is 1.90 bits per heavy atom. The van der Waals surface area contributed by atoms with E-state index in [-0.39, 0.29) is 0 Å². The molecule has 0 saturated heterocycles. The molecule has 1 atom stereocenters. The van der Waals surface area contributed by atoms with E-state index in [2.05, 4.69) is 12.2 Å². The van der Waals surface area contributed by atoms with Crippen LogP contribution in [0.4, 0.5) is 0 Å². The first-order valence-electron chi connectivity index (χ1n) is 7.43.